The van der Waals surface area contributed by atoms with E-state index in [9.17, 15) is 0 Å². The van der Waals surface area contributed by atoms with Crippen molar-refractivity contribution in [3.63, 3.8) is 0 Å². The lowest BCUT2D eigenvalue weighted by molar-refractivity contribution is -0.153. The average molecular weight is 169 g/mol. The molecule has 1 saturated heterocycles. The van der Waals surface area contributed by atoms with Crippen LogP contribution in [0.3, 0.4) is 0 Å². The minimum Gasteiger partial charge on any atom is -0.372 e. The summed E-state index contributed by atoms with van der Waals surface area (Å²) in [6.45, 7) is 6.51. The van der Waals surface area contributed by atoms with Crippen LogP contribution in [-0.2, 0) is 4.74 Å². The van der Waals surface area contributed by atoms with Crippen LogP contribution in [-0.4, -0.2) is 24.8 Å². The molecule has 1 atom stereocenters. The highest BCUT2D eigenvalue weighted by atomic mass is 16.5. The first-order chi connectivity index (χ1) is 5.75. The fourth-order valence-electron chi connectivity index (χ4n) is 2.57. The number of morpholine rings is 1. The van der Waals surface area contributed by atoms with E-state index in [1.54, 1.807) is 0 Å². The Morgan fingerprint density at radius 2 is 2.17 bits per heavy atom. The Labute approximate surface area is 74.7 Å². The van der Waals surface area contributed by atoms with E-state index >= 15 is 0 Å². The van der Waals surface area contributed by atoms with Crippen molar-refractivity contribution < 1.29 is 4.74 Å². The van der Waals surface area contributed by atoms with Crippen molar-refractivity contribution in [1.82, 2.24) is 5.32 Å². The molecule has 1 N–H and O–H groups in total. The Kier molecular flexibility index (Phi) is 2.13. The molecule has 1 heterocycles. The molecule has 1 unspecified atom stereocenters. The fraction of sp³-hybridized carbons (Fsp3) is 1.00. The van der Waals surface area contributed by atoms with E-state index in [0.29, 0.717) is 12.0 Å². The van der Waals surface area contributed by atoms with E-state index in [4.69, 9.17) is 4.74 Å². The van der Waals surface area contributed by atoms with Gasteiger partial charge >= 0.3 is 0 Å². The topological polar surface area (TPSA) is 21.3 Å². The summed E-state index contributed by atoms with van der Waals surface area (Å²) in [6, 6.07) is 0.597. The van der Waals surface area contributed by atoms with E-state index < -0.39 is 0 Å². The normalized spacial score (nSPS) is 33.8. The number of rotatable bonds is 1. The van der Waals surface area contributed by atoms with E-state index in [1.807, 2.05) is 0 Å². The maximum absolute atomic E-state index is 5.91. The second kappa shape index (κ2) is 3.00. The smallest absolute Gasteiger partial charge is 0.0837 e. The third-order valence-corrected chi connectivity index (χ3v) is 3.29. The lowest BCUT2D eigenvalue weighted by atomic mass is 9.70. The van der Waals surface area contributed by atoms with E-state index in [1.165, 1.54) is 19.3 Å². The van der Waals surface area contributed by atoms with E-state index in [2.05, 4.69) is 19.2 Å². The summed E-state index contributed by atoms with van der Waals surface area (Å²) in [7, 11) is 0. The van der Waals surface area contributed by atoms with Crippen LogP contribution in [0.5, 0.6) is 0 Å². The molecular formula is C10H19NO. The highest BCUT2D eigenvalue weighted by Gasteiger charge is 2.47. The standard InChI is InChI=1S/C10H19NO/c1-8(2)9-10(4-3-5-10)12-7-6-11-9/h8-9,11H,3-7H2,1-2H3. The van der Waals surface area contributed by atoms with Crippen molar-refractivity contribution in [3.8, 4) is 0 Å². The minimum atomic E-state index is 0.229. The van der Waals surface area contributed by atoms with Gasteiger partial charge in [0.05, 0.1) is 12.2 Å². The third-order valence-electron chi connectivity index (χ3n) is 3.29. The summed E-state index contributed by atoms with van der Waals surface area (Å²) in [5, 5.41) is 3.59. The maximum atomic E-state index is 5.91. The van der Waals surface area contributed by atoms with E-state index in [-0.39, 0.29) is 5.60 Å². The Morgan fingerprint density at radius 1 is 1.42 bits per heavy atom. The Hall–Kier alpha value is -0.0800. The van der Waals surface area contributed by atoms with Gasteiger partial charge in [-0.05, 0) is 25.2 Å². The molecule has 12 heavy (non-hydrogen) atoms. The minimum absolute atomic E-state index is 0.229. The zero-order chi connectivity index (χ0) is 8.60. The zero-order valence-electron chi connectivity index (χ0n) is 8.10. The first kappa shape index (κ1) is 8.52. The quantitative estimate of drug-likeness (QED) is 0.643. The third kappa shape index (κ3) is 1.17. The predicted octanol–water partition coefficient (Wildman–Crippen LogP) is 1.55. The van der Waals surface area contributed by atoms with Gasteiger partial charge in [-0.2, -0.15) is 0 Å². The summed E-state index contributed by atoms with van der Waals surface area (Å²) in [5.41, 5.74) is 0.229. The number of nitrogens with one attached hydrogen (secondary N) is 1. The molecule has 1 saturated carbocycles. The zero-order valence-corrected chi connectivity index (χ0v) is 8.10. The maximum Gasteiger partial charge on any atom is 0.0837 e. The van der Waals surface area contributed by atoms with Crippen LogP contribution in [0.4, 0.5) is 0 Å². The van der Waals surface area contributed by atoms with Crippen molar-refractivity contribution in [2.45, 2.75) is 44.8 Å². The van der Waals surface area contributed by atoms with Crippen LogP contribution in [0.1, 0.15) is 33.1 Å². The molecule has 2 heteroatoms. The molecule has 2 aliphatic rings. The molecule has 0 aromatic heterocycles. The van der Waals surface area contributed by atoms with Gasteiger partial charge in [0.1, 0.15) is 0 Å². The lowest BCUT2D eigenvalue weighted by Crippen LogP contribution is -2.63. The van der Waals surface area contributed by atoms with Crippen molar-refractivity contribution in [2.75, 3.05) is 13.2 Å². The molecule has 2 nitrogen and oxygen atoms in total. The van der Waals surface area contributed by atoms with Crippen molar-refractivity contribution in [2.24, 2.45) is 5.92 Å². The van der Waals surface area contributed by atoms with Crippen LogP contribution in [0, 0.1) is 5.92 Å². The fourth-order valence-corrected chi connectivity index (χ4v) is 2.57. The summed E-state index contributed by atoms with van der Waals surface area (Å²) in [6.07, 6.45) is 3.89. The van der Waals surface area contributed by atoms with Gasteiger partial charge in [-0.15, -0.1) is 0 Å². The highest BCUT2D eigenvalue weighted by molar-refractivity contribution is 5.02. The largest absolute Gasteiger partial charge is 0.372 e. The van der Waals surface area contributed by atoms with Crippen molar-refractivity contribution >= 4 is 0 Å². The predicted molar refractivity (Wildman–Crippen MR) is 49.2 cm³/mol. The number of ether oxygens (including phenoxy) is 1. The summed E-state index contributed by atoms with van der Waals surface area (Å²) >= 11 is 0. The molecular weight excluding hydrogens is 150 g/mol. The Morgan fingerprint density at radius 3 is 2.58 bits per heavy atom. The monoisotopic (exact) mass is 169 g/mol. The molecule has 2 fully saturated rings. The lowest BCUT2D eigenvalue weighted by Gasteiger charge is -2.52. The van der Waals surface area contributed by atoms with Crippen LogP contribution in [0.15, 0.2) is 0 Å². The van der Waals surface area contributed by atoms with Gasteiger partial charge < -0.3 is 10.1 Å². The Balaban J connectivity index is 2.06. The van der Waals surface area contributed by atoms with Crippen LogP contribution in [0.2, 0.25) is 0 Å². The molecule has 1 aliphatic carbocycles. The number of hydrogen-bond acceptors (Lipinski definition) is 2. The Bertz CT molecular complexity index is 163. The van der Waals surface area contributed by atoms with Crippen molar-refractivity contribution in [3.05, 3.63) is 0 Å². The summed E-state index contributed by atoms with van der Waals surface area (Å²) in [4.78, 5) is 0. The second-order valence-electron chi connectivity index (χ2n) is 4.44. The van der Waals surface area contributed by atoms with Crippen LogP contribution >= 0.6 is 0 Å². The van der Waals surface area contributed by atoms with Crippen molar-refractivity contribution in [1.29, 1.82) is 0 Å². The molecule has 0 bridgehead atoms. The van der Waals surface area contributed by atoms with Gasteiger partial charge in [-0.3, -0.25) is 0 Å². The van der Waals surface area contributed by atoms with Gasteiger partial charge in [0.25, 0.3) is 0 Å². The van der Waals surface area contributed by atoms with E-state index in [0.717, 1.165) is 13.2 Å². The van der Waals surface area contributed by atoms with Gasteiger partial charge in [0, 0.05) is 12.6 Å². The van der Waals surface area contributed by atoms with Crippen LogP contribution < -0.4 is 5.32 Å². The van der Waals surface area contributed by atoms with Gasteiger partial charge in [-0.25, -0.2) is 0 Å². The van der Waals surface area contributed by atoms with Gasteiger partial charge in [0.2, 0.25) is 0 Å². The molecule has 1 spiro atoms. The van der Waals surface area contributed by atoms with Gasteiger partial charge in [-0.1, -0.05) is 13.8 Å². The SMILES string of the molecule is CC(C)C1NCCOC12CCC2. The second-order valence-corrected chi connectivity index (χ2v) is 4.44. The molecule has 0 aromatic rings. The van der Waals surface area contributed by atoms with Gasteiger partial charge in [0.15, 0.2) is 0 Å². The molecule has 2 rings (SSSR count). The molecule has 0 radical (unpaired) electrons. The first-order valence-corrected chi connectivity index (χ1v) is 5.12. The molecule has 1 aliphatic heterocycles. The summed E-state index contributed by atoms with van der Waals surface area (Å²) in [5.74, 6) is 0.700. The average Bonchev–Trinajstić information content (AvgIpc) is 2.01. The highest BCUT2D eigenvalue weighted by Crippen LogP contribution is 2.42. The first-order valence-electron chi connectivity index (χ1n) is 5.12. The van der Waals surface area contributed by atoms with Crippen LogP contribution in [0.25, 0.3) is 0 Å². The molecule has 70 valence electrons. The molecule has 0 aromatic carbocycles. The molecule has 0 amide bonds. The summed E-state index contributed by atoms with van der Waals surface area (Å²) < 4.78 is 5.91. The number of hydrogen-bond donors (Lipinski definition) is 1.